The van der Waals surface area contributed by atoms with Crippen LogP contribution in [-0.4, -0.2) is 36.5 Å². The monoisotopic (exact) mass is 190 g/mol. The predicted molar refractivity (Wildman–Crippen MR) is 48.8 cm³/mol. The maximum Gasteiger partial charge on any atom is 0.329 e. The molecule has 0 fully saturated rings. The van der Waals surface area contributed by atoms with Crippen molar-refractivity contribution in [3.05, 3.63) is 0 Å². The van der Waals surface area contributed by atoms with Gasteiger partial charge in [0.25, 0.3) is 0 Å². The van der Waals surface area contributed by atoms with Crippen molar-refractivity contribution in [2.75, 3.05) is 13.7 Å². The molecule has 0 saturated carbocycles. The van der Waals surface area contributed by atoms with Gasteiger partial charge < -0.3 is 14.6 Å². The van der Waals surface area contributed by atoms with Crippen LogP contribution in [0, 0.1) is 0 Å². The topological polar surface area (TPSA) is 55.8 Å². The third-order valence-corrected chi connectivity index (χ3v) is 1.82. The molecule has 13 heavy (non-hydrogen) atoms. The summed E-state index contributed by atoms with van der Waals surface area (Å²) in [6.45, 7) is 5.46. The van der Waals surface area contributed by atoms with Crippen LogP contribution in [0.2, 0.25) is 0 Å². The summed E-state index contributed by atoms with van der Waals surface area (Å²) in [5, 5.41) is 8.36. The number of rotatable bonds is 6. The molecule has 0 aliphatic heterocycles. The zero-order valence-electron chi connectivity index (χ0n) is 8.66. The van der Waals surface area contributed by atoms with Gasteiger partial charge in [0.05, 0.1) is 11.7 Å². The molecule has 0 saturated heterocycles. The molecule has 0 rings (SSSR count). The van der Waals surface area contributed by atoms with Crippen LogP contribution in [0.25, 0.3) is 0 Å². The summed E-state index contributed by atoms with van der Waals surface area (Å²) in [5.41, 5.74) is -0.266. The third kappa shape index (κ3) is 6.54. The Balaban J connectivity index is 3.73. The maximum absolute atomic E-state index is 10.2. The van der Waals surface area contributed by atoms with Crippen molar-refractivity contribution in [1.82, 2.24) is 0 Å². The fourth-order valence-corrected chi connectivity index (χ4v) is 1.05. The van der Waals surface area contributed by atoms with Gasteiger partial charge in [-0.2, -0.15) is 0 Å². The minimum Gasteiger partial charge on any atom is -0.480 e. The van der Waals surface area contributed by atoms with Gasteiger partial charge in [0.2, 0.25) is 0 Å². The second kappa shape index (κ2) is 5.19. The smallest absolute Gasteiger partial charge is 0.329 e. The Kier molecular flexibility index (Phi) is 4.95. The molecule has 0 radical (unpaired) electrons. The summed E-state index contributed by atoms with van der Waals surface area (Å²) in [6, 6.07) is 0. The van der Waals surface area contributed by atoms with Crippen LogP contribution < -0.4 is 0 Å². The number of carbonyl (C=O) groups is 1. The molecule has 0 amide bonds. The van der Waals surface area contributed by atoms with E-state index in [0.29, 0.717) is 6.42 Å². The number of hydrogen-bond donors (Lipinski definition) is 1. The molecule has 0 spiro atoms. The largest absolute Gasteiger partial charge is 0.480 e. The SMILES string of the molecule is COC(C)(C)CC(C)OCC(=O)O. The van der Waals surface area contributed by atoms with Crippen LogP contribution in [0.3, 0.4) is 0 Å². The van der Waals surface area contributed by atoms with E-state index < -0.39 is 5.97 Å². The molecular weight excluding hydrogens is 172 g/mol. The van der Waals surface area contributed by atoms with Gasteiger partial charge in [0.1, 0.15) is 6.61 Å². The number of hydrogen-bond acceptors (Lipinski definition) is 3. The van der Waals surface area contributed by atoms with Crippen molar-refractivity contribution in [3.63, 3.8) is 0 Å². The summed E-state index contributed by atoms with van der Waals surface area (Å²) < 4.78 is 10.2. The highest BCUT2D eigenvalue weighted by molar-refractivity contribution is 5.68. The number of carboxylic acids is 1. The van der Waals surface area contributed by atoms with Gasteiger partial charge in [-0.15, -0.1) is 0 Å². The Bertz CT molecular complexity index is 165. The van der Waals surface area contributed by atoms with E-state index in [0.717, 1.165) is 0 Å². The van der Waals surface area contributed by atoms with Gasteiger partial charge in [-0.1, -0.05) is 0 Å². The summed E-state index contributed by atoms with van der Waals surface area (Å²) in [6.07, 6.45) is 0.572. The third-order valence-electron chi connectivity index (χ3n) is 1.82. The van der Waals surface area contributed by atoms with Gasteiger partial charge in [-0.25, -0.2) is 4.79 Å². The van der Waals surface area contributed by atoms with E-state index >= 15 is 0 Å². The summed E-state index contributed by atoms with van der Waals surface area (Å²) >= 11 is 0. The molecule has 0 heterocycles. The van der Waals surface area contributed by atoms with Crippen molar-refractivity contribution < 1.29 is 19.4 Å². The van der Waals surface area contributed by atoms with E-state index in [-0.39, 0.29) is 18.3 Å². The highest BCUT2D eigenvalue weighted by atomic mass is 16.5. The minimum atomic E-state index is -0.943. The fraction of sp³-hybridized carbons (Fsp3) is 0.889. The molecular formula is C9H18O4. The van der Waals surface area contributed by atoms with Gasteiger partial charge in [-0.3, -0.25) is 0 Å². The van der Waals surface area contributed by atoms with Crippen molar-refractivity contribution in [2.24, 2.45) is 0 Å². The van der Waals surface area contributed by atoms with Gasteiger partial charge in [-0.05, 0) is 20.8 Å². The Labute approximate surface area is 78.8 Å². The number of carboxylic acid groups (broad SMARTS) is 1. The standard InChI is InChI=1S/C9H18O4/c1-7(13-6-8(10)11)5-9(2,3)12-4/h7H,5-6H2,1-4H3,(H,10,11). The van der Waals surface area contributed by atoms with Crippen LogP contribution >= 0.6 is 0 Å². The first kappa shape index (κ1) is 12.4. The van der Waals surface area contributed by atoms with E-state index in [2.05, 4.69) is 0 Å². The second-order valence-corrected chi connectivity index (χ2v) is 3.68. The molecule has 4 nitrogen and oxygen atoms in total. The summed E-state index contributed by atoms with van der Waals surface area (Å²) in [4.78, 5) is 10.2. The molecule has 78 valence electrons. The number of ether oxygens (including phenoxy) is 2. The summed E-state index contributed by atoms with van der Waals surface area (Å²) in [5.74, 6) is -0.943. The maximum atomic E-state index is 10.2. The van der Waals surface area contributed by atoms with Crippen LogP contribution in [-0.2, 0) is 14.3 Å². The highest BCUT2D eigenvalue weighted by Gasteiger charge is 2.20. The van der Waals surface area contributed by atoms with Gasteiger partial charge in [0, 0.05) is 13.5 Å². The highest BCUT2D eigenvalue weighted by Crippen LogP contribution is 2.16. The Morgan fingerprint density at radius 2 is 2.08 bits per heavy atom. The average molecular weight is 190 g/mol. The van der Waals surface area contributed by atoms with Crippen molar-refractivity contribution >= 4 is 5.97 Å². The normalized spacial score (nSPS) is 14.2. The average Bonchev–Trinajstić information content (AvgIpc) is 2.00. The molecule has 1 N–H and O–H groups in total. The van der Waals surface area contributed by atoms with E-state index in [4.69, 9.17) is 14.6 Å². The first-order valence-corrected chi connectivity index (χ1v) is 4.26. The molecule has 0 aromatic heterocycles. The van der Waals surface area contributed by atoms with Crippen LogP contribution in [0.1, 0.15) is 27.2 Å². The molecule has 0 bridgehead atoms. The quantitative estimate of drug-likeness (QED) is 0.685. The van der Waals surface area contributed by atoms with Crippen molar-refractivity contribution in [3.8, 4) is 0 Å². The zero-order valence-corrected chi connectivity index (χ0v) is 8.66. The lowest BCUT2D eigenvalue weighted by Crippen LogP contribution is -2.29. The summed E-state index contributed by atoms with van der Waals surface area (Å²) in [7, 11) is 1.63. The number of aliphatic carboxylic acids is 1. The molecule has 1 unspecified atom stereocenters. The Hall–Kier alpha value is -0.610. The second-order valence-electron chi connectivity index (χ2n) is 3.68. The molecule has 0 aliphatic carbocycles. The predicted octanol–water partition coefficient (Wildman–Crippen LogP) is 1.29. The zero-order chi connectivity index (χ0) is 10.5. The van der Waals surface area contributed by atoms with Gasteiger partial charge in [0.15, 0.2) is 0 Å². The molecule has 0 aliphatic rings. The lowest BCUT2D eigenvalue weighted by molar-refractivity contribution is -0.145. The van der Waals surface area contributed by atoms with Crippen molar-refractivity contribution in [2.45, 2.75) is 38.9 Å². The molecule has 4 heteroatoms. The minimum absolute atomic E-state index is 0.106. The lowest BCUT2D eigenvalue weighted by atomic mass is 10.0. The van der Waals surface area contributed by atoms with E-state index in [1.165, 1.54) is 0 Å². The molecule has 0 aromatic rings. The van der Waals surface area contributed by atoms with Gasteiger partial charge >= 0.3 is 5.97 Å². The first-order valence-electron chi connectivity index (χ1n) is 4.26. The van der Waals surface area contributed by atoms with Crippen LogP contribution in [0.15, 0.2) is 0 Å². The van der Waals surface area contributed by atoms with E-state index in [1.807, 2.05) is 20.8 Å². The van der Waals surface area contributed by atoms with Crippen molar-refractivity contribution in [1.29, 1.82) is 0 Å². The molecule has 0 aromatic carbocycles. The molecule has 1 atom stereocenters. The van der Waals surface area contributed by atoms with Crippen LogP contribution in [0.4, 0.5) is 0 Å². The van der Waals surface area contributed by atoms with E-state index in [1.54, 1.807) is 7.11 Å². The van der Waals surface area contributed by atoms with E-state index in [9.17, 15) is 4.79 Å². The first-order chi connectivity index (χ1) is 5.87. The lowest BCUT2D eigenvalue weighted by Gasteiger charge is -2.26. The number of methoxy groups -OCH3 is 1. The Morgan fingerprint density at radius 3 is 2.46 bits per heavy atom. The van der Waals surface area contributed by atoms with Crippen LogP contribution in [0.5, 0.6) is 0 Å². The Morgan fingerprint density at radius 1 is 1.54 bits per heavy atom. The fourth-order valence-electron chi connectivity index (χ4n) is 1.05.